The first-order valence-electron chi connectivity index (χ1n) is 8.67. The number of esters is 3. The molecule has 1 aliphatic heterocycles. The number of hydrogen-bond donors (Lipinski definition) is 2. The van der Waals surface area contributed by atoms with E-state index in [1.165, 1.54) is 6.92 Å². The lowest BCUT2D eigenvalue weighted by atomic mass is 9.92. The molecule has 1 saturated heterocycles. The molecule has 0 aromatic rings. The standard InChI is InChI=1S/C18H25NO9/c1-5-8-19-15(23)7-6-13-16(24)18(27-12(4)22)17(26-11(3)21)14(28-13)9-25-10(2)20/h1,13-14,16-18,24H,6-9H2,2-4H3,(H,19,23)/t13-,14-,16+,17-,18-/m1/s1. The molecule has 1 heterocycles. The molecule has 1 aliphatic rings. The quantitative estimate of drug-likeness (QED) is 0.301. The summed E-state index contributed by atoms with van der Waals surface area (Å²) in [5.74, 6) is -0.0821. The molecule has 1 rings (SSSR count). The fraction of sp³-hybridized carbons (Fsp3) is 0.667. The molecule has 28 heavy (non-hydrogen) atoms. The Kier molecular flexibility index (Phi) is 9.41. The van der Waals surface area contributed by atoms with Crippen molar-refractivity contribution in [2.75, 3.05) is 13.2 Å². The Morgan fingerprint density at radius 1 is 1.04 bits per heavy atom. The molecular weight excluding hydrogens is 374 g/mol. The van der Waals surface area contributed by atoms with Gasteiger partial charge in [0.1, 0.15) is 18.8 Å². The third-order valence-electron chi connectivity index (χ3n) is 3.86. The molecule has 10 heteroatoms. The Morgan fingerprint density at radius 3 is 2.18 bits per heavy atom. The summed E-state index contributed by atoms with van der Waals surface area (Å²) in [5, 5.41) is 13.1. The van der Waals surface area contributed by atoms with E-state index >= 15 is 0 Å². The van der Waals surface area contributed by atoms with Gasteiger partial charge in [0.05, 0.1) is 12.6 Å². The van der Waals surface area contributed by atoms with E-state index in [4.69, 9.17) is 25.4 Å². The van der Waals surface area contributed by atoms with E-state index in [1.54, 1.807) is 0 Å². The number of aliphatic hydroxyl groups is 1. The van der Waals surface area contributed by atoms with Gasteiger partial charge in [-0.3, -0.25) is 19.2 Å². The summed E-state index contributed by atoms with van der Waals surface area (Å²) in [6.45, 7) is 3.23. The molecule has 0 aromatic heterocycles. The van der Waals surface area contributed by atoms with Gasteiger partial charge in [0.25, 0.3) is 0 Å². The smallest absolute Gasteiger partial charge is 0.303 e. The van der Waals surface area contributed by atoms with Crippen LogP contribution in [0.5, 0.6) is 0 Å². The number of amides is 1. The Hall–Kier alpha value is -2.64. The third-order valence-corrected chi connectivity index (χ3v) is 3.86. The molecule has 1 amide bonds. The van der Waals surface area contributed by atoms with E-state index in [-0.39, 0.29) is 31.9 Å². The molecule has 0 radical (unpaired) electrons. The Labute approximate surface area is 162 Å². The van der Waals surface area contributed by atoms with Crippen LogP contribution in [-0.4, -0.2) is 72.6 Å². The third kappa shape index (κ3) is 7.54. The van der Waals surface area contributed by atoms with Crippen LogP contribution in [0.25, 0.3) is 0 Å². The van der Waals surface area contributed by atoms with E-state index < -0.39 is 48.4 Å². The van der Waals surface area contributed by atoms with Crippen molar-refractivity contribution >= 4 is 23.8 Å². The first kappa shape index (κ1) is 23.4. The molecule has 2 N–H and O–H groups in total. The zero-order valence-electron chi connectivity index (χ0n) is 16.0. The first-order valence-corrected chi connectivity index (χ1v) is 8.67. The van der Waals surface area contributed by atoms with Crippen molar-refractivity contribution in [3.8, 4) is 12.3 Å². The number of rotatable bonds is 8. The van der Waals surface area contributed by atoms with Crippen LogP contribution in [0.3, 0.4) is 0 Å². The molecule has 156 valence electrons. The highest BCUT2D eigenvalue weighted by atomic mass is 16.6. The predicted octanol–water partition coefficient (Wildman–Crippen LogP) is -0.929. The number of hydrogen-bond acceptors (Lipinski definition) is 9. The van der Waals surface area contributed by atoms with E-state index in [0.717, 1.165) is 13.8 Å². The van der Waals surface area contributed by atoms with E-state index in [2.05, 4.69) is 11.2 Å². The lowest BCUT2D eigenvalue weighted by molar-refractivity contribution is -0.248. The van der Waals surface area contributed by atoms with Gasteiger partial charge in [0.15, 0.2) is 12.2 Å². The average molecular weight is 399 g/mol. The van der Waals surface area contributed by atoms with Crippen LogP contribution in [0, 0.1) is 12.3 Å². The second-order valence-corrected chi connectivity index (χ2v) is 6.17. The maximum atomic E-state index is 11.7. The summed E-state index contributed by atoms with van der Waals surface area (Å²) in [6.07, 6.45) is -0.636. The maximum Gasteiger partial charge on any atom is 0.303 e. The van der Waals surface area contributed by atoms with Crippen molar-refractivity contribution in [1.29, 1.82) is 0 Å². The van der Waals surface area contributed by atoms with Crippen molar-refractivity contribution in [3.05, 3.63) is 0 Å². The van der Waals surface area contributed by atoms with Crippen molar-refractivity contribution in [1.82, 2.24) is 5.32 Å². The molecule has 0 saturated carbocycles. The number of terminal acetylenes is 1. The van der Waals surface area contributed by atoms with Crippen LogP contribution in [0.2, 0.25) is 0 Å². The van der Waals surface area contributed by atoms with Gasteiger partial charge < -0.3 is 29.4 Å². The zero-order valence-corrected chi connectivity index (χ0v) is 16.0. The van der Waals surface area contributed by atoms with Gasteiger partial charge in [-0.25, -0.2) is 0 Å². The van der Waals surface area contributed by atoms with Crippen molar-refractivity contribution < 1.29 is 43.2 Å². The van der Waals surface area contributed by atoms with Crippen LogP contribution < -0.4 is 5.32 Å². The number of carbonyl (C=O) groups is 4. The minimum absolute atomic E-state index is 0.0191. The van der Waals surface area contributed by atoms with Crippen molar-refractivity contribution in [2.24, 2.45) is 0 Å². The zero-order chi connectivity index (χ0) is 21.3. The highest BCUT2D eigenvalue weighted by Crippen LogP contribution is 2.29. The van der Waals surface area contributed by atoms with Crippen LogP contribution in [0.1, 0.15) is 33.6 Å². The summed E-state index contributed by atoms with van der Waals surface area (Å²) in [6, 6.07) is 0. The predicted molar refractivity (Wildman–Crippen MR) is 93.5 cm³/mol. The molecular formula is C18H25NO9. The Morgan fingerprint density at radius 2 is 1.64 bits per heavy atom. The lowest BCUT2D eigenvalue weighted by Gasteiger charge is -2.43. The minimum atomic E-state index is -1.37. The number of carbonyl (C=O) groups excluding carboxylic acids is 4. The van der Waals surface area contributed by atoms with Crippen LogP contribution in [-0.2, 0) is 38.1 Å². The Bertz CT molecular complexity index is 627. The summed E-state index contributed by atoms with van der Waals surface area (Å²) in [5.41, 5.74) is 0. The molecule has 0 aromatic carbocycles. The van der Waals surface area contributed by atoms with Gasteiger partial charge in [-0.15, -0.1) is 6.42 Å². The number of aliphatic hydroxyl groups excluding tert-OH is 1. The van der Waals surface area contributed by atoms with Crippen molar-refractivity contribution in [3.63, 3.8) is 0 Å². The van der Waals surface area contributed by atoms with E-state index in [0.29, 0.717) is 0 Å². The number of ether oxygens (including phenoxy) is 4. The normalized spacial score (nSPS) is 26.5. The highest BCUT2D eigenvalue weighted by Gasteiger charge is 2.49. The molecule has 5 atom stereocenters. The van der Waals surface area contributed by atoms with Crippen molar-refractivity contribution in [2.45, 2.75) is 64.1 Å². The van der Waals surface area contributed by atoms with E-state index in [9.17, 15) is 24.3 Å². The van der Waals surface area contributed by atoms with Gasteiger partial charge in [0, 0.05) is 27.2 Å². The lowest BCUT2D eigenvalue weighted by Crippen LogP contribution is -2.61. The summed E-state index contributed by atoms with van der Waals surface area (Å²) >= 11 is 0. The first-order chi connectivity index (χ1) is 13.1. The second-order valence-electron chi connectivity index (χ2n) is 6.17. The van der Waals surface area contributed by atoms with E-state index in [1.807, 2.05) is 0 Å². The van der Waals surface area contributed by atoms with Gasteiger partial charge in [-0.2, -0.15) is 0 Å². The van der Waals surface area contributed by atoms with Gasteiger partial charge in [0.2, 0.25) is 5.91 Å². The summed E-state index contributed by atoms with van der Waals surface area (Å²) in [7, 11) is 0. The minimum Gasteiger partial charge on any atom is -0.463 e. The molecule has 1 fully saturated rings. The summed E-state index contributed by atoms with van der Waals surface area (Å²) in [4.78, 5) is 45.8. The second kappa shape index (κ2) is 11.3. The largest absolute Gasteiger partial charge is 0.463 e. The molecule has 0 bridgehead atoms. The topological polar surface area (TPSA) is 137 Å². The highest BCUT2D eigenvalue weighted by molar-refractivity contribution is 5.76. The molecule has 0 aliphatic carbocycles. The van der Waals surface area contributed by atoms with Gasteiger partial charge >= 0.3 is 17.9 Å². The van der Waals surface area contributed by atoms with Crippen LogP contribution >= 0.6 is 0 Å². The van der Waals surface area contributed by atoms with Gasteiger partial charge in [-0.05, 0) is 6.42 Å². The fourth-order valence-electron chi connectivity index (χ4n) is 2.75. The van der Waals surface area contributed by atoms with Gasteiger partial charge in [-0.1, -0.05) is 5.92 Å². The monoisotopic (exact) mass is 399 g/mol. The Balaban J connectivity index is 2.97. The maximum absolute atomic E-state index is 11.7. The fourth-order valence-corrected chi connectivity index (χ4v) is 2.75. The summed E-state index contributed by atoms with van der Waals surface area (Å²) < 4.78 is 20.9. The molecule has 0 unspecified atom stereocenters. The van der Waals surface area contributed by atoms with Crippen LogP contribution in [0.15, 0.2) is 0 Å². The molecule has 10 nitrogen and oxygen atoms in total. The number of nitrogens with one attached hydrogen (secondary N) is 1. The average Bonchev–Trinajstić information content (AvgIpc) is 2.60. The molecule has 0 spiro atoms. The van der Waals surface area contributed by atoms with Crippen LogP contribution in [0.4, 0.5) is 0 Å². The SMILES string of the molecule is C#CCNC(=O)CC[C@H]1O[C@H](COC(C)=O)[C@@H](OC(C)=O)[C@H](OC(C)=O)[C@H]1O.